The normalized spacial score (nSPS) is 11.3. The van der Waals surface area contributed by atoms with Crippen molar-refractivity contribution in [3.63, 3.8) is 0 Å². The molecule has 0 aromatic heterocycles. The topological polar surface area (TPSA) is 102 Å². The van der Waals surface area contributed by atoms with E-state index in [4.69, 9.17) is 4.74 Å². The fourth-order valence-electron chi connectivity index (χ4n) is 2.42. The van der Waals surface area contributed by atoms with E-state index in [1.807, 2.05) is 30.3 Å². The van der Waals surface area contributed by atoms with Gasteiger partial charge in [-0.1, -0.05) is 36.4 Å². The van der Waals surface area contributed by atoms with Crippen molar-refractivity contribution in [2.24, 2.45) is 0 Å². The minimum absolute atomic E-state index is 0.0485. The molecule has 0 saturated heterocycles. The van der Waals surface area contributed by atoms with Gasteiger partial charge in [-0.25, -0.2) is 17.9 Å². The summed E-state index contributed by atoms with van der Waals surface area (Å²) in [6.07, 6.45) is 0. The maximum absolute atomic E-state index is 12.6. The Morgan fingerprint density at radius 1 is 1.07 bits per heavy atom. The number of carbonyl (C=O) groups excluding carboxylic acids is 2. The van der Waals surface area contributed by atoms with Crippen molar-refractivity contribution in [1.29, 1.82) is 0 Å². The Hall–Kier alpha value is -2.71. The molecular formula is C20H24N2O5S. The van der Waals surface area contributed by atoms with Crippen molar-refractivity contribution in [2.45, 2.75) is 38.3 Å². The van der Waals surface area contributed by atoms with Gasteiger partial charge in [0.2, 0.25) is 10.0 Å². The summed E-state index contributed by atoms with van der Waals surface area (Å²) in [5.74, 6) is -1.18. The number of aryl methyl sites for hydroxylation is 1. The number of amides is 1. The van der Waals surface area contributed by atoms with Crippen molar-refractivity contribution < 1.29 is 22.7 Å². The molecule has 1 amide bonds. The first-order valence-corrected chi connectivity index (χ1v) is 10.3. The van der Waals surface area contributed by atoms with Crippen molar-refractivity contribution in [1.82, 2.24) is 10.0 Å². The Kier molecular flexibility index (Phi) is 7.31. The molecule has 0 saturated carbocycles. The first-order chi connectivity index (χ1) is 13.2. The molecule has 0 unspecified atom stereocenters. The maximum atomic E-state index is 12.6. The lowest BCUT2D eigenvalue weighted by Gasteiger charge is -2.12. The Labute approximate surface area is 165 Å². The number of carbonyl (C=O) groups is 2. The summed E-state index contributed by atoms with van der Waals surface area (Å²) >= 11 is 0. The highest BCUT2D eigenvalue weighted by atomic mass is 32.2. The number of nitrogens with one attached hydrogen (secondary N) is 2. The predicted octanol–water partition coefficient (Wildman–Crippen LogP) is 2.15. The van der Waals surface area contributed by atoms with Gasteiger partial charge in [0.15, 0.2) is 6.61 Å². The van der Waals surface area contributed by atoms with Gasteiger partial charge >= 0.3 is 5.97 Å². The highest BCUT2D eigenvalue weighted by Gasteiger charge is 2.19. The predicted molar refractivity (Wildman–Crippen MR) is 105 cm³/mol. The highest BCUT2D eigenvalue weighted by molar-refractivity contribution is 7.89. The van der Waals surface area contributed by atoms with E-state index in [0.717, 1.165) is 5.56 Å². The lowest BCUT2D eigenvalue weighted by molar-refractivity contribution is -0.124. The van der Waals surface area contributed by atoms with Gasteiger partial charge in [-0.05, 0) is 44.0 Å². The van der Waals surface area contributed by atoms with Crippen LogP contribution in [0.2, 0.25) is 0 Å². The van der Waals surface area contributed by atoms with Gasteiger partial charge in [0.05, 0.1) is 10.5 Å². The zero-order chi connectivity index (χ0) is 20.7. The molecule has 8 heteroatoms. The van der Waals surface area contributed by atoms with Crippen LogP contribution in [-0.4, -0.2) is 32.9 Å². The van der Waals surface area contributed by atoms with Gasteiger partial charge in [-0.3, -0.25) is 4.79 Å². The molecule has 0 aliphatic carbocycles. The van der Waals surface area contributed by atoms with E-state index in [1.165, 1.54) is 18.2 Å². The summed E-state index contributed by atoms with van der Waals surface area (Å²) in [4.78, 5) is 23.9. The number of esters is 1. The number of rotatable bonds is 8. The standard InChI is InChI=1S/C20H24N2O5S/c1-14(2)22-19(23)13-27-20(24)18-11-17(10-9-15(18)3)28(25,26)21-12-16-7-5-4-6-8-16/h4-11,14,21H,12-13H2,1-3H3,(H,22,23). The summed E-state index contributed by atoms with van der Waals surface area (Å²) in [6, 6.07) is 13.2. The SMILES string of the molecule is Cc1ccc(S(=O)(=O)NCc2ccccc2)cc1C(=O)OCC(=O)NC(C)C. The van der Waals surface area contributed by atoms with Crippen LogP contribution in [0, 0.1) is 6.92 Å². The van der Waals surface area contributed by atoms with Crippen LogP contribution in [0.25, 0.3) is 0 Å². The van der Waals surface area contributed by atoms with E-state index in [1.54, 1.807) is 20.8 Å². The molecule has 0 aliphatic heterocycles. The van der Waals surface area contributed by atoms with Crippen molar-refractivity contribution >= 4 is 21.9 Å². The van der Waals surface area contributed by atoms with Crippen LogP contribution in [-0.2, 0) is 26.1 Å². The fourth-order valence-corrected chi connectivity index (χ4v) is 3.46. The Bertz CT molecular complexity index is 940. The smallest absolute Gasteiger partial charge is 0.338 e. The van der Waals surface area contributed by atoms with Crippen LogP contribution in [0.1, 0.15) is 35.3 Å². The van der Waals surface area contributed by atoms with Crippen LogP contribution >= 0.6 is 0 Å². The molecule has 0 heterocycles. The number of ether oxygens (including phenoxy) is 1. The molecule has 0 bridgehead atoms. The number of sulfonamides is 1. The lowest BCUT2D eigenvalue weighted by Crippen LogP contribution is -2.34. The summed E-state index contributed by atoms with van der Waals surface area (Å²) < 4.78 is 32.6. The molecule has 0 atom stereocenters. The molecule has 0 radical (unpaired) electrons. The quantitative estimate of drug-likeness (QED) is 0.657. The molecule has 0 spiro atoms. The van der Waals surface area contributed by atoms with E-state index in [2.05, 4.69) is 10.0 Å². The molecule has 28 heavy (non-hydrogen) atoms. The second kappa shape index (κ2) is 9.48. The van der Waals surface area contributed by atoms with Gasteiger partial charge in [0.1, 0.15) is 0 Å². The van der Waals surface area contributed by atoms with Crippen LogP contribution in [0.15, 0.2) is 53.4 Å². The second-order valence-corrected chi connectivity index (χ2v) is 8.35. The zero-order valence-corrected chi connectivity index (χ0v) is 16.9. The van der Waals surface area contributed by atoms with Gasteiger partial charge in [0, 0.05) is 12.6 Å². The monoisotopic (exact) mass is 404 g/mol. The Balaban J connectivity index is 2.10. The van der Waals surface area contributed by atoms with E-state index in [-0.39, 0.29) is 23.0 Å². The van der Waals surface area contributed by atoms with Crippen molar-refractivity contribution in [3.8, 4) is 0 Å². The molecule has 150 valence electrons. The number of hydrogen-bond donors (Lipinski definition) is 2. The summed E-state index contributed by atoms with van der Waals surface area (Å²) in [5, 5.41) is 2.61. The van der Waals surface area contributed by atoms with Gasteiger partial charge in [-0.15, -0.1) is 0 Å². The minimum atomic E-state index is -3.82. The van der Waals surface area contributed by atoms with E-state index >= 15 is 0 Å². The molecule has 2 rings (SSSR count). The fraction of sp³-hybridized carbons (Fsp3) is 0.300. The average molecular weight is 404 g/mol. The van der Waals surface area contributed by atoms with Crippen LogP contribution in [0.3, 0.4) is 0 Å². The molecular weight excluding hydrogens is 380 g/mol. The molecule has 7 nitrogen and oxygen atoms in total. The van der Waals surface area contributed by atoms with Crippen LogP contribution in [0.4, 0.5) is 0 Å². The first kappa shape index (κ1) is 21.6. The molecule has 2 N–H and O–H groups in total. The second-order valence-electron chi connectivity index (χ2n) is 6.59. The largest absolute Gasteiger partial charge is 0.452 e. The third kappa shape index (κ3) is 6.17. The van der Waals surface area contributed by atoms with Gasteiger partial charge in [-0.2, -0.15) is 0 Å². The van der Waals surface area contributed by atoms with Gasteiger partial charge < -0.3 is 10.1 Å². The molecule has 0 aliphatic rings. The summed E-state index contributed by atoms with van der Waals surface area (Å²) in [7, 11) is -3.82. The third-order valence-electron chi connectivity index (χ3n) is 3.83. The van der Waals surface area contributed by atoms with Crippen molar-refractivity contribution in [2.75, 3.05) is 6.61 Å². The van der Waals surface area contributed by atoms with Crippen LogP contribution < -0.4 is 10.0 Å². The summed E-state index contributed by atoms with van der Waals surface area (Å²) in [6.45, 7) is 4.95. The minimum Gasteiger partial charge on any atom is -0.452 e. The maximum Gasteiger partial charge on any atom is 0.338 e. The molecule has 2 aromatic rings. The zero-order valence-electron chi connectivity index (χ0n) is 16.1. The van der Waals surface area contributed by atoms with Gasteiger partial charge in [0.25, 0.3) is 5.91 Å². The average Bonchev–Trinajstić information content (AvgIpc) is 2.65. The van der Waals surface area contributed by atoms with Crippen LogP contribution in [0.5, 0.6) is 0 Å². The van der Waals surface area contributed by atoms with E-state index in [9.17, 15) is 18.0 Å². The Morgan fingerprint density at radius 2 is 1.75 bits per heavy atom. The molecule has 0 fully saturated rings. The summed E-state index contributed by atoms with van der Waals surface area (Å²) in [5.41, 5.74) is 1.46. The third-order valence-corrected chi connectivity index (χ3v) is 5.23. The van der Waals surface area contributed by atoms with Crippen molar-refractivity contribution in [3.05, 3.63) is 65.2 Å². The number of benzene rings is 2. The number of hydrogen-bond acceptors (Lipinski definition) is 5. The molecule has 2 aromatic carbocycles. The highest BCUT2D eigenvalue weighted by Crippen LogP contribution is 2.17. The Morgan fingerprint density at radius 3 is 2.39 bits per heavy atom. The first-order valence-electron chi connectivity index (χ1n) is 8.80. The van der Waals surface area contributed by atoms with E-state index < -0.39 is 28.5 Å². The van der Waals surface area contributed by atoms with E-state index in [0.29, 0.717) is 5.56 Å². The lowest BCUT2D eigenvalue weighted by atomic mass is 10.1.